The van der Waals surface area contributed by atoms with Gasteiger partial charge in [0.2, 0.25) is 0 Å². The second kappa shape index (κ2) is 9.98. The molecule has 0 saturated carbocycles. The highest BCUT2D eigenvalue weighted by atomic mass is 32.2. The van der Waals surface area contributed by atoms with Gasteiger partial charge in [-0.3, -0.25) is 14.6 Å². The number of aliphatic hydroxyl groups is 1. The molecule has 2 unspecified atom stereocenters. The van der Waals surface area contributed by atoms with Crippen LogP contribution in [-0.2, 0) is 32.8 Å². The van der Waals surface area contributed by atoms with Crippen LogP contribution in [0, 0.1) is 12.8 Å². The number of nitrogens with zero attached hydrogens (tertiary/aromatic N) is 1. The number of ether oxygens (including phenoxy) is 1. The second-order valence-electron chi connectivity index (χ2n) is 10.3. The molecule has 0 spiro atoms. The molecule has 1 aliphatic heterocycles. The van der Waals surface area contributed by atoms with Crippen LogP contribution in [-0.4, -0.2) is 32.7 Å². The maximum Gasteiger partial charge on any atom is 0.327 e. The van der Waals surface area contributed by atoms with Crippen LogP contribution >= 0.6 is 11.8 Å². The van der Waals surface area contributed by atoms with Gasteiger partial charge in [0.15, 0.2) is 11.0 Å². The maximum absolute atomic E-state index is 13.3. The summed E-state index contributed by atoms with van der Waals surface area (Å²) in [6.45, 7) is 12.2. The van der Waals surface area contributed by atoms with Crippen LogP contribution in [0.5, 0.6) is 0 Å². The van der Waals surface area contributed by atoms with Crippen LogP contribution in [0.25, 0.3) is 0 Å². The minimum atomic E-state index is -0.882. The van der Waals surface area contributed by atoms with Crippen LogP contribution in [0.15, 0.2) is 41.4 Å². The lowest BCUT2D eigenvalue weighted by atomic mass is 9.79. The first-order valence-corrected chi connectivity index (χ1v) is 12.4. The zero-order valence-corrected chi connectivity index (χ0v) is 21.3. The fraction of sp³-hybridized carbons (Fsp3) is 0.519. The molecule has 2 aromatic rings. The lowest BCUT2D eigenvalue weighted by Crippen LogP contribution is -2.52. The number of Topliss-reactive ketones (excluding diaryl/α,β-unsaturated/α-hetero) is 1. The Morgan fingerprint density at radius 1 is 1.24 bits per heavy atom. The first-order chi connectivity index (χ1) is 15.5. The zero-order valence-electron chi connectivity index (χ0n) is 20.5. The molecule has 1 fully saturated rings. The van der Waals surface area contributed by atoms with Crippen molar-refractivity contribution in [1.29, 1.82) is 0 Å². The highest BCUT2D eigenvalue weighted by Gasteiger charge is 2.49. The summed E-state index contributed by atoms with van der Waals surface area (Å²) in [6.07, 6.45) is 3.17. The number of cyclic esters (lactones) is 1. The lowest BCUT2D eigenvalue weighted by molar-refractivity contribution is -0.176. The maximum atomic E-state index is 13.3. The fourth-order valence-electron chi connectivity index (χ4n) is 4.27. The second-order valence-corrected chi connectivity index (χ2v) is 11.4. The first-order valence-electron chi connectivity index (χ1n) is 11.5. The summed E-state index contributed by atoms with van der Waals surface area (Å²) in [7, 11) is 0. The number of rotatable bonds is 7. The number of carbonyl (C=O) groups is 2. The number of aromatic nitrogens is 1. The van der Waals surface area contributed by atoms with Gasteiger partial charge in [-0.15, -0.1) is 11.8 Å². The van der Waals surface area contributed by atoms with Crippen molar-refractivity contribution in [3.8, 4) is 0 Å². The molecule has 1 aromatic carbocycles. The number of benzene rings is 1. The Morgan fingerprint density at radius 3 is 2.52 bits per heavy atom. The van der Waals surface area contributed by atoms with Gasteiger partial charge in [-0.25, -0.2) is 0 Å². The number of thioether (sulfide) groups is 1. The Bertz CT molecular complexity index is 993. The van der Waals surface area contributed by atoms with Crippen LogP contribution in [0.2, 0.25) is 0 Å². The van der Waals surface area contributed by atoms with Gasteiger partial charge in [-0.1, -0.05) is 46.8 Å². The zero-order chi connectivity index (χ0) is 24.4. The Kier molecular flexibility index (Phi) is 7.69. The van der Waals surface area contributed by atoms with Crippen molar-refractivity contribution in [3.05, 3.63) is 58.9 Å². The van der Waals surface area contributed by atoms with Crippen molar-refractivity contribution < 1.29 is 19.4 Å². The number of ketones is 1. The minimum Gasteiger partial charge on any atom is -0.457 e. The molecular weight excluding hydrogens is 434 g/mol. The minimum absolute atomic E-state index is 0.0104. The van der Waals surface area contributed by atoms with Gasteiger partial charge >= 0.3 is 5.97 Å². The van der Waals surface area contributed by atoms with Crippen molar-refractivity contribution in [1.82, 2.24) is 4.98 Å². The molecule has 0 radical (unpaired) electrons. The number of aliphatic hydroxyl groups excluding tert-OH is 1. The van der Waals surface area contributed by atoms with Gasteiger partial charge in [0.1, 0.15) is 5.60 Å². The molecular formula is C27H35NO4S. The number of hydrogen-bond acceptors (Lipinski definition) is 6. The number of pyridine rings is 1. The topological polar surface area (TPSA) is 76.5 Å². The molecule has 5 nitrogen and oxygen atoms in total. The van der Waals surface area contributed by atoms with Gasteiger partial charge in [0.05, 0.1) is 6.61 Å². The molecule has 0 bridgehead atoms. The van der Waals surface area contributed by atoms with Gasteiger partial charge in [-0.2, -0.15) is 0 Å². The van der Waals surface area contributed by atoms with E-state index in [4.69, 9.17) is 4.74 Å². The van der Waals surface area contributed by atoms with E-state index < -0.39 is 16.8 Å². The van der Waals surface area contributed by atoms with Crippen LogP contribution in [0.1, 0.15) is 69.8 Å². The standard InChI is InChI=1S/C27H35NO4S/c1-17(2)27(11-10-20-9-7-8-12-28-20)15-22(30)24(25(31)32-27)33-23-13-18(3)19(16-29)14-21(23)26(4,5)6/h7-9,12-14,17,24,29H,10-11,15-16H2,1-6H3. The van der Waals surface area contributed by atoms with E-state index in [1.807, 2.05) is 51.1 Å². The summed E-state index contributed by atoms with van der Waals surface area (Å²) in [6, 6.07) is 9.72. The van der Waals surface area contributed by atoms with E-state index in [0.29, 0.717) is 12.8 Å². The third kappa shape index (κ3) is 5.67. The Morgan fingerprint density at radius 2 is 1.97 bits per heavy atom. The summed E-state index contributed by atoms with van der Waals surface area (Å²) >= 11 is 1.28. The SMILES string of the molecule is Cc1cc(SC2C(=O)CC(CCc3ccccn3)(C(C)C)OC2=O)c(C(C)(C)C)cc1CO. The molecule has 33 heavy (non-hydrogen) atoms. The third-order valence-corrected chi connectivity index (χ3v) is 7.81. The number of aryl methyl sites for hydroxylation is 2. The molecule has 1 saturated heterocycles. The van der Waals surface area contributed by atoms with Crippen LogP contribution < -0.4 is 0 Å². The molecule has 1 aliphatic rings. The largest absolute Gasteiger partial charge is 0.457 e. The summed E-state index contributed by atoms with van der Waals surface area (Å²) in [5.74, 6) is -0.541. The van der Waals surface area contributed by atoms with Crippen LogP contribution in [0.3, 0.4) is 0 Å². The van der Waals surface area contributed by atoms with E-state index in [1.54, 1.807) is 6.20 Å². The molecule has 0 aliphatic carbocycles. The van der Waals surface area contributed by atoms with E-state index in [9.17, 15) is 14.7 Å². The van der Waals surface area contributed by atoms with E-state index in [1.165, 1.54) is 11.8 Å². The number of esters is 1. The summed E-state index contributed by atoms with van der Waals surface area (Å²) in [5.41, 5.74) is 2.72. The number of carbonyl (C=O) groups excluding carboxylic acids is 2. The first kappa shape index (κ1) is 25.4. The van der Waals surface area contributed by atoms with Crippen LogP contribution in [0.4, 0.5) is 0 Å². The van der Waals surface area contributed by atoms with E-state index >= 15 is 0 Å². The average molecular weight is 470 g/mol. The summed E-state index contributed by atoms with van der Waals surface area (Å²) in [4.78, 5) is 31.8. The molecule has 3 rings (SSSR count). The molecule has 0 amide bonds. The van der Waals surface area contributed by atoms with Crippen molar-refractivity contribution in [3.63, 3.8) is 0 Å². The number of hydrogen-bond donors (Lipinski definition) is 1. The predicted molar refractivity (Wildman–Crippen MR) is 131 cm³/mol. The fourth-order valence-corrected chi connectivity index (χ4v) is 5.62. The van der Waals surface area contributed by atoms with Crippen molar-refractivity contribution in [2.24, 2.45) is 5.92 Å². The van der Waals surface area contributed by atoms with E-state index in [0.717, 1.165) is 27.3 Å². The highest BCUT2D eigenvalue weighted by molar-refractivity contribution is 8.01. The monoisotopic (exact) mass is 469 g/mol. The quantitative estimate of drug-likeness (QED) is 0.445. The molecule has 2 heterocycles. The van der Waals surface area contributed by atoms with E-state index in [2.05, 4.69) is 25.8 Å². The molecule has 178 valence electrons. The average Bonchev–Trinajstić information content (AvgIpc) is 2.74. The normalized spacial score (nSPS) is 21.4. The molecule has 2 atom stereocenters. The lowest BCUT2D eigenvalue weighted by Gasteiger charge is -2.41. The van der Waals surface area contributed by atoms with Gasteiger partial charge < -0.3 is 9.84 Å². The Labute approximate surface area is 201 Å². The van der Waals surface area contributed by atoms with Crippen molar-refractivity contribution in [2.45, 2.75) is 88.6 Å². The van der Waals surface area contributed by atoms with Gasteiger partial charge in [-0.05, 0) is 66.0 Å². The Hall–Kier alpha value is -2.18. The smallest absolute Gasteiger partial charge is 0.327 e. The van der Waals surface area contributed by atoms with Gasteiger partial charge in [0.25, 0.3) is 0 Å². The predicted octanol–water partition coefficient (Wildman–Crippen LogP) is 5.18. The third-order valence-electron chi connectivity index (χ3n) is 6.53. The van der Waals surface area contributed by atoms with Gasteiger partial charge in [0, 0.05) is 23.2 Å². The summed E-state index contributed by atoms with van der Waals surface area (Å²) in [5, 5.41) is 8.83. The molecule has 6 heteroatoms. The van der Waals surface area contributed by atoms with E-state index in [-0.39, 0.29) is 30.1 Å². The van der Waals surface area contributed by atoms with Crippen molar-refractivity contribution >= 4 is 23.5 Å². The van der Waals surface area contributed by atoms with Crippen molar-refractivity contribution in [2.75, 3.05) is 0 Å². The molecule has 1 aromatic heterocycles. The molecule has 1 N–H and O–H groups in total. The Balaban J connectivity index is 1.85. The summed E-state index contributed by atoms with van der Waals surface area (Å²) < 4.78 is 6.06. The highest BCUT2D eigenvalue weighted by Crippen LogP contribution is 2.42.